The van der Waals surface area contributed by atoms with Crippen LogP contribution in [0.25, 0.3) is 11.3 Å². The molecule has 0 aliphatic carbocycles. The molecule has 0 saturated heterocycles. The molecule has 0 radical (unpaired) electrons. The van der Waals surface area contributed by atoms with Gasteiger partial charge in [-0.1, -0.05) is 39.0 Å². The van der Waals surface area contributed by atoms with Crippen LogP contribution in [-0.4, -0.2) is 44.6 Å². The van der Waals surface area contributed by atoms with E-state index in [2.05, 4.69) is 10.3 Å². The maximum Gasteiger partial charge on any atom is 0.360 e. The van der Waals surface area contributed by atoms with Gasteiger partial charge in [-0.05, 0) is 24.3 Å². The summed E-state index contributed by atoms with van der Waals surface area (Å²) in [7, 11) is -1.53. The third-order valence-corrected chi connectivity index (χ3v) is 7.04. The number of carbonyl (C=O) groups excluding carboxylic acids is 1. The summed E-state index contributed by atoms with van der Waals surface area (Å²) in [6.45, 7) is 5.02. The van der Waals surface area contributed by atoms with Crippen LogP contribution in [0.5, 0.6) is 11.5 Å². The minimum Gasteiger partial charge on any atom is -0.497 e. The first-order valence-electron chi connectivity index (χ1n) is 10.7. The van der Waals surface area contributed by atoms with Crippen molar-refractivity contribution >= 4 is 33.2 Å². The quantitative estimate of drug-likeness (QED) is 0.404. The third kappa shape index (κ3) is 6.50. The fraction of sp³-hybridized carbons (Fsp3) is 0.333. The second-order valence-electron chi connectivity index (χ2n) is 8.76. The highest BCUT2D eigenvalue weighted by atomic mass is 32.2. The van der Waals surface area contributed by atoms with Crippen LogP contribution in [0.3, 0.4) is 0 Å². The molecule has 188 valence electrons. The predicted octanol–water partition coefficient (Wildman–Crippen LogP) is 4.34. The summed E-state index contributed by atoms with van der Waals surface area (Å²) in [6.07, 6.45) is 0. The van der Waals surface area contributed by atoms with E-state index in [0.717, 1.165) is 4.31 Å². The molecule has 2 aromatic carbocycles. The van der Waals surface area contributed by atoms with Crippen LogP contribution in [0, 0.1) is 5.41 Å². The van der Waals surface area contributed by atoms with Crippen LogP contribution >= 0.6 is 11.3 Å². The van der Waals surface area contributed by atoms with Gasteiger partial charge in [0.2, 0.25) is 5.91 Å². The Balaban J connectivity index is 2.03. The average molecular weight is 520 g/mol. The number of hydrogen-bond donors (Lipinski definition) is 2. The van der Waals surface area contributed by atoms with Crippen molar-refractivity contribution in [3.8, 4) is 22.8 Å². The molecule has 1 amide bonds. The molecule has 35 heavy (non-hydrogen) atoms. The number of anilines is 1. The largest absolute Gasteiger partial charge is 0.497 e. The van der Waals surface area contributed by atoms with Gasteiger partial charge in [0, 0.05) is 22.4 Å². The molecular weight excluding hydrogens is 490 g/mol. The molecule has 0 bridgehead atoms. The molecule has 0 aliphatic heterocycles. The molecule has 2 N–H and O–H groups in total. The summed E-state index contributed by atoms with van der Waals surface area (Å²) >= 11 is 1.27. The van der Waals surface area contributed by atoms with E-state index in [0.29, 0.717) is 27.8 Å². The van der Waals surface area contributed by atoms with E-state index >= 15 is 0 Å². The summed E-state index contributed by atoms with van der Waals surface area (Å²) in [4.78, 5) is 17.6. The molecule has 1 atom stereocenters. The van der Waals surface area contributed by atoms with Gasteiger partial charge in [-0.15, -0.1) is 11.3 Å². The van der Waals surface area contributed by atoms with E-state index < -0.39 is 21.8 Å². The lowest BCUT2D eigenvalue weighted by Crippen LogP contribution is -2.44. The second-order valence-corrected chi connectivity index (χ2v) is 11.0. The van der Waals surface area contributed by atoms with E-state index in [1.54, 1.807) is 82.8 Å². The van der Waals surface area contributed by atoms with E-state index in [1.165, 1.54) is 11.3 Å². The number of para-hydroxylation sites is 1. The van der Waals surface area contributed by atoms with E-state index in [9.17, 15) is 17.8 Å². The number of ether oxygens (including phenoxy) is 2. The van der Waals surface area contributed by atoms with Gasteiger partial charge < -0.3 is 14.8 Å². The number of nitrogens with zero attached hydrogens (tertiary/aromatic N) is 2. The number of thiazole rings is 1. The number of amides is 1. The summed E-state index contributed by atoms with van der Waals surface area (Å²) in [5.74, 6) is 0.896. The Morgan fingerprint density at radius 1 is 1.14 bits per heavy atom. The molecule has 3 rings (SSSR count). The number of carbonyl (C=O) groups is 1. The van der Waals surface area contributed by atoms with Gasteiger partial charge >= 0.3 is 10.3 Å². The minimum atomic E-state index is -4.63. The monoisotopic (exact) mass is 519 g/mol. The number of hydrogen-bond acceptors (Lipinski definition) is 7. The molecule has 0 unspecified atom stereocenters. The molecule has 0 spiro atoms. The summed E-state index contributed by atoms with van der Waals surface area (Å²) in [6, 6.07) is 12.7. The number of nitrogens with one attached hydrogen (secondary N) is 1. The van der Waals surface area contributed by atoms with Crippen molar-refractivity contribution in [1.82, 2.24) is 10.3 Å². The molecule has 0 saturated carbocycles. The lowest BCUT2D eigenvalue weighted by atomic mass is 9.95. The summed E-state index contributed by atoms with van der Waals surface area (Å²) < 4.78 is 46.1. The van der Waals surface area contributed by atoms with Crippen molar-refractivity contribution in [2.24, 2.45) is 5.41 Å². The highest BCUT2D eigenvalue weighted by molar-refractivity contribution is 7.87. The van der Waals surface area contributed by atoms with Crippen LogP contribution in [-0.2, 0) is 15.1 Å². The van der Waals surface area contributed by atoms with Gasteiger partial charge in [0.15, 0.2) is 0 Å². The zero-order chi connectivity index (χ0) is 25.8. The molecular formula is C24H29N3O6S2. The fourth-order valence-electron chi connectivity index (χ4n) is 3.23. The molecule has 1 heterocycles. The van der Waals surface area contributed by atoms with E-state index in [-0.39, 0.29) is 18.1 Å². The highest BCUT2D eigenvalue weighted by Gasteiger charge is 2.31. The first-order valence-corrected chi connectivity index (χ1v) is 13.0. The zero-order valence-corrected chi connectivity index (χ0v) is 21.8. The van der Waals surface area contributed by atoms with E-state index in [4.69, 9.17) is 9.47 Å². The van der Waals surface area contributed by atoms with Gasteiger partial charge in [-0.25, -0.2) is 9.29 Å². The van der Waals surface area contributed by atoms with Crippen molar-refractivity contribution in [2.45, 2.75) is 26.8 Å². The van der Waals surface area contributed by atoms with Crippen molar-refractivity contribution in [3.63, 3.8) is 0 Å². The Hall–Kier alpha value is -3.15. The zero-order valence-electron chi connectivity index (χ0n) is 20.2. The van der Waals surface area contributed by atoms with Crippen LogP contribution in [0.4, 0.5) is 5.69 Å². The summed E-state index contributed by atoms with van der Waals surface area (Å²) in [5.41, 5.74) is 0.843. The molecule has 11 heteroatoms. The lowest BCUT2D eigenvalue weighted by Gasteiger charge is -2.28. The SMILES string of the molecule is COc1ccc(-c2csc([C@H](CN(c3ccccc3)S(=O)(=O)O)NC(=O)C(C)(C)C)n2)c(OC)c1. The highest BCUT2D eigenvalue weighted by Crippen LogP contribution is 2.35. The smallest absolute Gasteiger partial charge is 0.360 e. The third-order valence-electron chi connectivity index (χ3n) is 5.16. The van der Waals surface area contributed by atoms with Crippen LogP contribution in [0.2, 0.25) is 0 Å². The Bertz CT molecular complexity index is 1270. The van der Waals surface area contributed by atoms with Gasteiger partial charge in [0.05, 0.1) is 38.2 Å². The maximum atomic E-state index is 12.9. The average Bonchev–Trinajstić information content (AvgIpc) is 3.30. The molecule has 3 aromatic rings. The van der Waals surface area contributed by atoms with Crippen LogP contribution in [0.15, 0.2) is 53.9 Å². The first-order chi connectivity index (χ1) is 16.4. The normalized spacial score (nSPS) is 12.6. The molecule has 0 aliphatic rings. The minimum absolute atomic E-state index is 0.253. The number of aromatic nitrogens is 1. The Labute approximate surface area is 209 Å². The van der Waals surface area contributed by atoms with Crippen molar-refractivity contribution in [1.29, 1.82) is 0 Å². The topological polar surface area (TPSA) is 118 Å². The van der Waals surface area contributed by atoms with Gasteiger partial charge in [-0.3, -0.25) is 9.35 Å². The van der Waals surface area contributed by atoms with Gasteiger partial charge in [0.1, 0.15) is 16.5 Å². The number of rotatable bonds is 9. The first kappa shape index (κ1) is 26.5. The lowest BCUT2D eigenvalue weighted by molar-refractivity contribution is -0.129. The Morgan fingerprint density at radius 2 is 1.83 bits per heavy atom. The standard InChI is InChI=1S/C24H29N3O6S2/c1-24(2,3)23(28)26-19(14-27(35(29,30)31)16-9-7-6-8-10-16)22-25-20(15-34-22)18-12-11-17(32-4)13-21(18)33-5/h6-13,15,19H,14H2,1-5H3,(H,26,28)(H,29,30,31)/t19-/m0/s1. The van der Waals surface area contributed by atoms with E-state index in [1.807, 2.05) is 6.07 Å². The fourth-order valence-corrected chi connectivity index (χ4v) is 4.82. The van der Waals surface area contributed by atoms with Crippen molar-refractivity contribution < 1.29 is 27.2 Å². The maximum absolute atomic E-state index is 12.9. The molecule has 9 nitrogen and oxygen atoms in total. The van der Waals surface area contributed by atoms with Crippen LogP contribution < -0.4 is 19.1 Å². The van der Waals surface area contributed by atoms with Gasteiger partial charge in [-0.2, -0.15) is 8.42 Å². The number of methoxy groups -OCH3 is 2. The second kappa shape index (κ2) is 10.6. The van der Waals surface area contributed by atoms with Crippen molar-refractivity contribution in [3.05, 3.63) is 58.9 Å². The molecule has 1 aromatic heterocycles. The van der Waals surface area contributed by atoms with Gasteiger partial charge in [0.25, 0.3) is 0 Å². The van der Waals surface area contributed by atoms with Crippen molar-refractivity contribution in [2.75, 3.05) is 25.1 Å². The Kier molecular flexibility index (Phi) is 8.04. The summed E-state index contributed by atoms with van der Waals surface area (Å²) in [5, 5.41) is 5.17. The predicted molar refractivity (Wildman–Crippen MR) is 136 cm³/mol. The van der Waals surface area contributed by atoms with Crippen LogP contribution in [0.1, 0.15) is 31.8 Å². The Morgan fingerprint density at radius 3 is 2.40 bits per heavy atom. The number of benzene rings is 2. The molecule has 0 fully saturated rings.